The summed E-state index contributed by atoms with van der Waals surface area (Å²) in [4.78, 5) is 0. The first-order valence-electron chi connectivity index (χ1n) is 4.14. The molecule has 0 saturated carbocycles. The van der Waals surface area contributed by atoms with E-state index in [0.29, 0.717) is 6.42 Å². The van der Waals surface area contributed by atoms with Crippen molar-refractivity contribution in [3.8, 4) is 0 Å². The second-order valence-corrected chi connectivity index (χ2v) is 3.03. The zero-order valence-corrected chi connectivity index (χ0v) is 7.23. The van der Waals surface area contributed by atoms with E-state index in [1.807, 2.05) is 13.0 Å². The van der Waals surface area contributed by atoms with Crippen molar-refractivity contribution >= 4 is 0 Å². The third kappa shape index (κ3) is 2.09. The Morgan fingerprint density at radius 1 is 1.67 bits per heavy atom. The van der Waals surface area contributed by atoms with E-state index in [-0.39, 0.29) is 18.6 Å². The zero-order chi connectivity index (χ0) is 8.97. The summed E-state index contributed by atoms with van der Waals surface area (Å²) in [6, 6.07) is 1.94. The Morgan fingerprint density at radius 3 is 2.83 bits per heavy atom. The summed E-state index contributed by atoms with van der Waals surface area (Å²) < 4.78 is 4.95. The molecule has 0 fully saturated rings. The lowest BCUT2D eigenvalue weighted by Crippen LogP contribution is -2.25. The predicted octanol–water partition coefficient (Wildman–Crippen LogP) is 1.09. The molecule has 0 amide bonds. The molecule has 1 heterocycles. The Bertz CT molecular complexity index is 206. The van der Waals surface area contributed by atoms with Crippen LogP contribution in [0.15, 0.2) is 23.0 Å². The molecule has 0 aliphatic heterocycles. The predicted molar refractivity (Wildman–Crippen MR) is 46.8 cm³/mol. The van der Waals surface area contributed by atoms with Crippen molar-refractivity contribution in [1.82, 2.24) is 0 Å². The van der Waals surface area contributed by atoms with Crippen LogP contribution in [0, 0.1) is 0 Å². The van der Waals surface area contributed by atoms with Gasteiger partial charge >= 0.3 is 0 Å². The van der Waals surface area contributed by atoms with Crippen molar-refractivity contribution in [3.63, 3.8) is 0 Å². The van der Waals surface area contributed by atoms with E-state index in [2.05, 4.69) is 0 Å². The summed E-state index contributed by atoms with van der Waals surface area (Å²) >= 11 is 0. The zero-order valence-electron chi connectivity index (χ0n) is 7.23. The summed E-state index contributed by atoms with van der Waals surface area (Å²) in [5, 5.41) is 8.80. The number of hydrogen-bond acceptors (Lipinski definition) is 3. The van der Waals surface area contributed by atoms with E-state index in [0.717, 1.165) is 5.56 Å². The van der Waals surface area contributed by atoms with E-state index < -0.39 is 0 Å². The molecule has 12 heavy (non-hydrogen) atoms. The number of furan rings is 1. The average molecular weight is 169 g/mol. The fraction of sp³-hybridized carbons (Fsp3) is 0.556. The Balaban J connectivity index is 2.66. The normalized spacial score (nSPS) is 15.9. The van der Waals surface area contributed by atoms with E-state index in [1.54, 1.807) is 12.5 Å². The summed E-state index contributed by atoms with van der Waals surface area (Å²) in [6.07, 6.45) is 4.00. The average Bonchev–Trinajstić information content (AvgIpc) is 2.51. The maximum Gasteiger partial charge on any atom is 0.0937 e. The first kappa shape index (κ1) is 9.29. The molecule has 0 bridgehead atoms. The van der Waals surface area contributed by atoms with Crippen LogP contribution in [0.2, 0.25) is 0 Å². The molecule has 3 N–H and O–H groups in total. The quantitative estimate of drug-likeness (QED) is 0.709. The molecule has 1 rings (SSSR count). The van der Waals surface area contributed by atoms with Crippen molar-refractivity contribution in [2.24, 2.45) is 5.73 Å². The molecule has 0 radical (unpaired) electrons. The number of hydrogen-bond donors (Lipinski definition) is 2. The van der Waals surface area contributed by atoms with Crippen LogP contribution in [0.3, 0.4) is 0 Å². The molecule has 3 nitrogen and oxygen atoms in total. The SMILES string of the molecule is CC(N)C(CCO)c1ccoc1. The van der Waals surface area contributed by atoms with Gasteiger partial charge in [-0.25, -0.2) is 0 Å². The molecule has 1 aromatic heterocycles. The van der Waals surface area contributed by atoms with Crippen molar-refractivity contribution < 1.29 is 9.52 Å². The Morgan fingerprint density at radius 2 is 2.42 bits per heavy atom. The van der Waals surface area contributed by atoms with E-state index >= 15 is 0 Å². The van der Waals surface area contributed by atoms with Gasteiger partial charge in [0, 0.05) is 18.6 Å². The first-order chi connectivity index (χ1) is 5.75. The van der Waals surface area contributed by atoms with Gasteiger partial charge in [-0.1, -0.05) is 0 Å². The highest BCUT2D eigenvalue weighted by atomic mass is 16.3. The molecule has 0 aliphatic rings. The van der Waals surface area contributed by atoms with Gasteiger partial charge in [-0.3, -0.25) is 0 Å². The number of rotatable bonds is 4. The molecule has 2 unspecified atom stereocenters. The minimum atomic E-state index is 0.0507. The second kappa shape index (κ2) is 4.28. The van der Waals surface area contributed by atoms with Crippen LogP contribution in [-0.2, 0) is 0 Å². The van der Waals surface area contributed by atoms with E-state index in [4.69, 9.17) is 15.3 Å². The Kier molecular flexibility index (Phi) is 3.31. The largest absolute Gasteiger partial charge is 0.472 e. The molecule has 0 aliphatic carbocycles. The third-order valence-electron chi connectivity index (χ3n) is 2.05. The molecular weight excluding hydrogens is 154 g/mol. The summed E-state index contributed by atoms with van der Waals surface area (Å²) in [5.74, 6) is 0.203. The molecule has 3 heteroatoms. The highest BCUT2D eigenvalue weighted by Crippen LogP contribution is 2.22. The van der Waals surface area contributed by atoms with Crippen LogP contribution >= 0.6 is 0 Å². The third-order valence-corrected chi connectivity index (χ3v) is 2.05. The number of aliphatic hydroxyl groups is 1. The lowest BCUT2D eigenvalue weighted by molar-refractivity contribution is 0.268. The van der Waals surface area contributed by atoms with E-state index in [9.17, 15) is 0 Å². The van der Waals surface area contributed by atoms with Crippen LogP contribution in [0.25, 0.3) is 0 Å². The van der Waals surface area contributed by atoms with Gasteiger partial charge in [0.2, 0.25) is 0 Å². The lowest BCUT2D eigenvalue weighted by atomic mass is 9.92. The summed E-state index contributed by atoms with van der Waals surface area (Å²) in [7, 11) is 0. The van der Waals surface area contributed by atoms with Gasteiger partial charge in [0.15, 0.2) is 0 Å². The van der Waals surface area contributed by atoms with Crippen LogP contribution in [0.4, 0.5) is 0 Å². The molecule has 68 valence electrons. The standard InChI is InChI=1S/C9H15NO2/c1-7(10)9(2-4-11)8-3-5-12-6-8/h3,5-7,9,11H,2,4,10H2,1H3. The van der Waals surface area contributed by atoms with Gasteiger partial charge < -0.3 is 15.3 Å². The minimum absolute atomic E-state index is 0.0507. The lowest BCUT2D eigenvalue weighted by Gasteiger charge is -2.17. The fourth-order valence-corrected chi connectivity index (χ4v) is 1.36. The van der Waals surface area contributed by atoms with Gasteiger partial charge in [-0.2, -0.15) is 0 Å². The highest BCUT2D eigenvalue weighted by molar-refractivity contribution is 5.14. The van der Waals surface area contributed by atoms with Gasteiger partial charge in [0.25, 0.3) is 0 Å². The Hall–Kier alpha value is -0.800. The number of nitrogens with two attached hydrogens (primary N) is 1. The molecule has 0 spiro atoms. The van der Waals surface area contributed by atoms with Crippen molar-refractivity contribution in [1.29, 1.82) is 0 Å². The minimum Gasteiger partial charge on any atom is -0.472 e. The summed E-state index contributed by atoms with van der Waals surface area (Å²) in [6.45, 7) is 2.10. The maximum atomic E-state index is 8.80. The second-order valence-electron chi connectivity index (χ2n) is 3.03. The molecule has 0 saturated heterocycles. The van der Waals surface area contributed by atoms with Crippen molar-refractivity contribution in [3.05, 3.63) is 24.2 Å². The Labute approximate surface area is 72.2 Å². The van der Waals surface area contributed by atoms with Crippen LogP contribution in [-0.4, -0.2) is 17.8 Å². The van der Waals surface area contributed by atoms with Gasteiger partial charge in [0.1, 0.15) is 0 Å². The molecule has 2 atom stereocenters. The highest BCUT2D eigenvalue weighted by Gasteiger charge is 2.16. The fourth-order valence-electron chi connectivity index (χ4n) is 1.36. The topological polar surface area (TPSA) is 59.4 Å². The van der Waals surface area contributed by atoms with Gasteiger partial charge in [-0.05, 0) is 25.0 Å². The van der Waals surface area contributed by atoms with Crippen molar-refractivity contribution in [2.75, 3.05) is 6.61 Å². The van der Waals surface area contributed by atoms with Gasteiger partial charge in [0.05, 0.1) is 12.5 Å². The monoisotopic (exact) mass is 169 g/mol. The van der Waals surface area contributed by atoms with Crippen LogP contribution < -0.4 is 5.73 Å². The van der Waals surface area contributed by atoms with Crippen molar-refractivity contribution in [2.45, 2.75) is 25.3 Å². The van der Waals surface area contributed by atoms with Crippen LogP contribution in [0.1, 0.15) is 24.8 Å². The molecular formula is C9H15NO2. The molecule has 0 aromatic carbocycles. The maximum absolute atomic E-state index is 8.80. The van der Waals surface area contributed by atoms with Crippen LogP contribution in [0.5, 0.6) is 0 Å². The first-order valence-corrected chi connectivity index (χ1v) is 4.14. The molecule has 1 aromatic rings. The van der Waals surface area contributed by atoms with Gasteiger partial charge in [-0.15, -0.1) is 0 Å². The summed E-state index contributed by atoms with van der Waals surface area (Å²) in [5.41, 5.74) is 6.83. The van der Waals surface area contributed by atoms with E-state index in [1.165, 1.54) is 0 Å². The smallest absolute Gasteiger partial charge is 0.0937 e. The number of aliphatic hydroxyl groups excluding tert-OH is 1.